The maximum absolute atomic E-state index is 11.2. The highest BCUT2D eigenvalue weighted by Gasteiger charge is 2.23. The molecule has 1 aromatic rings. The van der Waals surface area contributed by atoms with Gasteiger partial charge >= 0.3 is 0 Å². The van der Waals surface area contributed by atoms with Crippen molar-refractivity contribution in [1.82, 2.24) is 9.97 Å². The highest BCUT2D eigenvalue weighted by atomic mass is 32.2. The minimum absolute atomic E-state index is 0.154. The lowest BCUT2D eigenvalue weighted by atomic mass is 10.1. The van der Waals surface area contributed by atoms with Crippen LogP contribution < -0.4 is 11.1 Å². The van der Waals surface area contributed by atoms with E-state index >= 15 is 0 Å². The van der Waals surface area contributed by atoms with Crippen LogP contribution in [0.1, 0.15) is 12.8 Å². The van der Waals surface area contributed by atoms with Gasteiger partial charge in [-0.2, -0.15) is 0 Å². The van der Waals surface area contributed by atoms with Gasteiger partial charge in [-0.05, 0) is 12.8 Å². The molecule has 1 aliphatic rings. The maximum atomic E-state index is 11.2. The van der Waals surface area contributed by atoms with Crippen molar-refractivity contribution in [1.29, 1.82) is 0 Å². The Morgan fingerprint density at radius 2 is 1.94 bits per heavy atom. The number of rotatable bonds is 2. The number of nitrogens with zero attached hydrogens (tertiary/aromatic N) is 2. The van der Waals surface area contributed by atoms with Crippen molar-refractivity contribution in [3.8, 4) is 0 Å². The fourth-order valence-corrected chi connectivity index (χ4v) is 3.15. The van der Waals surface area contributed by atoms with E-state index in [1.165, 1.54) is 6.20 Å². The molecule has 0 aromatic carbocycles. The summed E-state index contributed by atoms with van der Waals surface area (Å²) in [6, 6.07) is 0.154. The quantitative estimate of drug-likeness (QED) is 0.760. The van der Waals surface area contributed by atoms with Crippen LogP contribution in [0.15, 0.2) is 12.4 Å². The average Bonchev–Trinajstić information content (AvgIpc) is 2.24. The lowest BCUT2D eigenvalue weighted by Gasteiger charge is -2.23. The second kappa shape index (κ2) is 4.25. The molecule has 2 rings (SSSR count). The number of hydrogen-bond acceptors (Lipinski definition) is 6. The van der Waals surface area contributed by atoms with Gasteiger partial charge in [0, 0.05) is 6.04 Å². The Balaban J connectivity index is 1.94. The first-order valence-corrected chi connectivity index (χ1v) is 6.92. The van der Waals surface area contributed by atoms with Crippen molar-refractivity contribution >= 4 is 21.5 Å². The SMILES string of the molecule is Nc1cnc(NC2CCS(=O)(=O)CC2)cn1. The fourth-order valence-electron chi connectivity index (χ4n) is 1.66. The Morgan fingerprint density at radius 3 is 2.50 bits per heavy atom. The van der Waals surface area contributed by atoms with E-state index in [2.05, 4.69) is 15.3 Å². The van der Waals surface area contributed by atoms with Crippen LogP contribution in [0.25, 0.3) is 0 Å². The van der Waals surface area contributed by atoms with Gasteiger partial charge in [-0.25, -0.2) is 18.4 Å². The van der Waals surface area contributed by atoms with Crippen LogP contribution in [-0.2, 0) is 9.84 Å². The normalized spacial score (nSPS) is 20.5. The highest BCUT2D eigenvalue weighted by molar-refractivity contribution is 7.91. The van der Waals surface area contributed by atoms with Crippen LogP contribution in [0.2, 0.25) is 0 Å². The molecule has 7 heteroatoms. The largest absolute Gasteiger partial charge is 0.382 e. The maximum Gasteiger partial charge on any atom is 0.150 e. The van der Waals surface area contributed by atoms with Crippen molar-refractivity contribution in [2.45, 2.75) is 18.9 Å². The topological polar surface area (TPSA) is 98.0 Å². The van der Waals surface area contributed by atoms with Gasteiger partial charge in [-0.1, -0.05) is 0 Å². The lowest BCUT2D eigenvalue weighted by molar-refractivity contribution is 0.559. The van der Waals surface area contributed by atoms with Crippen LogP contribution in [0.4, 0.5) is 11.6 Å². The molecule has 0 saturated carbocycles. The van der Waals surface area contributed by atoms with E-state index < -0.39 is 9.84 Å². The first-order chi connectivity index (χ1) is 7.55. The summed E-state index contributed by atoms with van der Waals surface area (Å²) in [5.41, 5.74) is 5.41. The minimum Gasteiger partial charge on any atom is -0.382 e. The molecular formula is C9H14N4O2S. The zero-order valence-corrected chi connectivity index (χ0v) is 9.57. The van der Waals surface area contributed by atoms with E-state index in [0.29, 0.717) is 24.5 Å². The summed E-state index contributed by atoms with van der Waals surface area (Å²) in [7, 11) is -2.81. The van der Waals surface area contributed by atoms with Gasteiger partial charge in [0.15, 0.2) is 0 Å². The fraction of sp³-hybridized carbons (Fsp3) is 0.556. The Bertz CT molecular complexity index is 443. The predicted molar refractivity (Wildman–Crippen MR) is 61.7 cm³/mol. The molecule has 0 bridgehead atoms. The Labute approximate surface area is 94.2 Å². The van der Waals surface area contributed by atoms with Crippen LogP contribution in [0, 0.1) is 0 Å². The Morgan fingerprint density at radius 1 is 1.25 bits per heavy atom. The molecule has 0 spiro atoms. The summed E-state index contributed by atoms with van der Waals surface area (Å²) >= 11 is 0. The highest BCUT2D eigenvalue weighted by Crippen LogP contribution is 2.16. The number of nitrogen functional groups attached to an aromatic ring is 1. The third kappa shape index (κ3) is 2.82. The van der Waals surface area contributed by atoms with E-state index in [4.69, 9.17) is 5.73 Å². The number of hydrogen-bond donors (Lipinski definition) is 2. The van der Waals surface area contributed by atoms with Gasteiger partial charge in [0.1, 0.15) is 21.5 Å². The van der Waals surface area contributed by atoms with Gasteiger partial charge in [-0.3, -0.25) is 0 Å². The predicted octanol–water partition coefficient (Wildman–Crippen LogP) is 0.0479. The first kappa shape index (κ1) is 11.1. The first-order valence-electron chi connectivity index (χ1n) is 5.10. The number of anilines is 2. The van der Waals surface area contributed by atoms with Crippen LogP contribution >= 0.6 is 0 Å². The summed E-state index contributed by atoms with van der Waals surface area (Å²) in [4.78, 5) is 7.97. The average molecular weight is 242 g/mol. The molecule has 88 valence electrons. The van der Waals surface area contributed by atoms with E-state index in [1.807, 2.05) is 0 Å². The summed E-state index contributed by atoms with van der Waals surface area (Å²) in [5, 5.41) is 3.15. The van der Waals surface area contributed by atoms with Gasteiger partial charge in [0.2, 0.25) is 0 Å². The summed E-state index contributed by atoms with van der Waals surface area (Å²) in [6.07, 6.45) is 4.27. The van der Waals surface area contributed by atoms with E-state index in [9.17, 15) is 8.42 Å². The standard InChI is InChI=1S/C9H14N4O2S/c10-8-5-12-9(6-11-8)13-7-1-3-16(14,15)4-2-7/h5-7H,1-4H2,(H2,10,11)(H,12,13). The monoisotopic (exact) mass is 242 g/mol. The van der Waals surface area contributed by atoms with Crippen molar-refractivity contribution in [3.63, 3.8) is 0 Å². The van der Waals surface area contributed by atoms with Gasteiger partial charge < -0.3 is 11.1 Å². The molecule has 0 unspecified atom stereocenters. The van der Waals surface area contributed by atoms with Crippen molar-refractivity contribution in [2.75, 3.05) is 22.6 Å². The van der Waals surface area contributed by atoms with E-state index in [1.54, 1.807) is 6.20 Å². The molecule has 1 saturated heterocycles. The second-order valence-corrected chi connectivity index (χ2v) is 6.20. The molecule has 1 fully saturated rings. The number of nitrogens with two attached hydrogens (primary N) is 1. The summed E-state index contributed by atoms with van der Waals surface area (Å²) < 4.78 is 22.4. The zero-order chi connectivity index (χ0) is 11.6. The molecule has 1 aromatic heterocycles. The Hall–Kier alpha value is -1.37. The summed E-state index contributed by atoms with van der Waals surface area (Å²) in [6.45, 7) is 0. The molecule has 0 amide bonds. The van der Waals surface area contributed by atoms with Crippen molar-refractivity contribution in [3.05, 3.63) is 12.4 Å². The van der Waals surface area contributed by atoms with Gasteiger partial charge in [0.05, 0.1) is 23.9 Å². The van der Waals surface area contributed by atoms with Crippen molar-refractivity contribution in [2.24, 2.45) is 0 Å². The van der Waals surface area contributed by atoms with Gasteiger partial charge in [0.25, 0.3) is 0 Å². The smallest absolute Gasteiger partial charge is 0.150 e. The third-order valence-electron chi connectivity index (χ3n) is 2.58. The second-order valence-electron chi connectivity index (χ2n) is 3.90. The van der Waals surface area contributed by atoms with E-state index in [0.717, 1.165) is 0 Å². The molecule has 1 aliphatic heterocycles. The van der Waals surface area contributed by atoms with Crippen LogP contribution in [-0.4, -0.2) is 35.9 Å². The molecule has 3 N–H and O–H groups in total. The molecular weight excluding hydrogens is 228 g/mol. The number of nitrogens with one attached hydrogen (secondary N) is 1. The molecule has 6 nitrogen and oxygen atoms in total. The van der Waals surface area contributed by atoms with Crippen molar-refractivity contribution < 1.29 is 8.42 Å². The minimum atomic E-state index is -2.81. The lowest BCUT2D eigenvalue weighted by Crippen LogP contribution is -2.32. The molecule has 16 heavy (non-hydrogen) atoms. The molecule has 0 aliphatic carbocycles. The molecule has 2 heterocycles. The zero-order valence-electron chi connectivity index (χ0n) is 8.76. The molecule has 0 atom stereocenters. The third-order valence-corrected chi connectivity index (χ3v) is 4.29. The molecule has 0 radical (unpaired) electrons. The van der Waals surface area contributed by atoms with Crippen LogP contribution in [0.3, 0.4) is 0 Å². The number of aromatic nitrogens is 2. The summed E-state index contributed by atoms with van der Waals surface area (Å²) in [5.74, 6) is 1.50. The van der Waals surface area contributed by atoms with Gasteiger partial charge in [-0.15, -0.1) is 0 Å². The Kier molecular flexibility index (Phi) is 2.95. The van der Waals surface area contributed by atoms with E-state index in [-0.39, 0.29) is 17.5 Å². The number of sulfone groups is 1. The van der Waals surface area contributed by atoms with Crippen LogP contribution in [0.5, 0.6) is 0 Å².